The van der Waals surface area contributed by atoms with E-state index in [1.165, 1.54) is 5.56 Å². The molecule has 0 bridgehead atoms. The maximum Gasteiger partial charge on any atom is 0.118 e. The number of ether oxygens (including phenoxy) is 1. The first-order valence-electron chi connectivity index (χ1n) is 7.79. The van der Waals surface area contributed by atoms with Gasteiger partial charge >= 0.3 is 0 Å². The Hall–Kier alpha value is -1.10. The second kappa shape index (κ2) is 6.77. The Bertz CT molecular complexity index is 436. The van der Waals surface area contributed by atoms with E-state index < -0.39 is 0 Å². The standard InChI is InChI=1S/C17H29N3O/c1-12-10-20(11-13(2)19(12)4)14(3)17(18)15-6-8-16(21-5)9-7-15/h6-9,12-14,17H,10-11,18H2,1-5H3. The molecule has 4 nitrogen and oxygen atoms in total. The number of hydrogen-bond acceptors (Lipinski definition) is 4. The van der Waals surface area contributed by atoms with Crippen molar-refractivity contribution in [1.82, 2.24) is 9.80 Å². The van der Waals surface area contributed by atoms with Crippen LogP contribution in [-0.2, 0) is 0 Å². The third-order valence-electron chi connectivity index (χ3n) is 4.98. The highest BCUT2D eigenvalue weighted by molar-refractivity contribution is 5.29. The van der Waals surface area contributed by atoms with Crippen molar-refractivity contribution in [2.24, 2.45) is 5.73 Å². The molecule has 0 spiro atoms. The Balaban J connectivity index is 2.05. The minimum Gasteiger partial charge on any atom is -0.497 e. The highest BCUT2D eigenvalue weighted by Crippen LogP contribution is 2.24. The van der Waals surface area contributed by atoms with Gasteiger partial charge in [-0.25, -0.2) is 0 Å². The van der Waals surface area contributed by atoms with Gasteiger partial charge in [-0.15, -0.1) is 0 Å². The number of benzene rings is 1. The number of rotatable bonds is 4. The molecule has 118 valence electrons. The highest BCUT2D eigenvalue weighted by Gasteiger charge is 2.31. The molecular weight excluding hydrogens is 262 g/mol. The lowest BCUT2D eigenvalue weighted by molar-refractivity contribution is 0.0314. The first-order valence-corrected chi connectivity index (χ1v) is 7.79. The summed E-state index contributed by atoms with van der Waals surface area (Å²) >= 11 is 0. The van der Waals surface area contributed by atoms with Gasteiger partial charge in [0.1, 0.15) is 5.75 Å². The fraction of sp³-hybridized carbons (Fsp3) is 0.647. The van der Waals surface area contributed by atoms with Crippen LogP contribution in [0.1, 0.15) is 32.4 Å². The van der Waals surface area contributed by atoms with Gasteiger partial charge < -0.3 is 10.5 Å². The van der Waals surface area contributed by atoms with Crippen LogP contribution in [0.2, 0.25) is 0 Å². The van der Waals surface area contributed by atoms with Crippen LogP contribution < -0.4 is 10.5 Å². The number of nitrogens with zero attached hydrogens (tertiary/aromatic N) is 2. The molecule has 4 heteroatoms. The van der Waals surface area contributed by atoms with Crippen molar-refractivity contribution < 1.29 is 4.74 Å². The van der Waals surface area contributed by atoms with E-state index in [1.54, 1.807) is 7.11 Å². The minimum absolute atomic E-state index is 0.0266. The van der Waals surface area contributed by atoms with Crippen molar-refractivity contribution in [3.8, 4) is 5.75 Å². The van der Waals surface area contributed by atoms with Crippen molar-refractivity contribution >= 4 is 0 Å². The van der Waals surface area contributed by atoms with Crippen LogP contribution in [0, 0.1) is 0 Å². The van der Waals surface area contributed by atoms with Crippen LogP contribution in [0.4, 0.5) is 0 Å². The van der Waals surface area contributed by atoms with Crippen LogP contribution in [-0.4, -0.2) is 55.2 Å². The lowest BCUT2D eigenvalue weighted by Crippen LogP contribution is -2.58. The molecule has 1 heterocycles. The molecule has 0 amide bonds. The van der Waals surface area contributed by atoms with Gasteiger partial charge in [-0.2, -0.15) is 0 Å². The van der Waals surface area contributed by atoms with Crippen molar-refractivity contribution in [2.45, 2.75) is 44.9 Å². The maximum atomic E-state index is 6.49. The Morgan fingerprint density at radius 3 is 2.14 bits per heavy atom. The molecule has 2 rings (SSSR count). The Labute approximate surface area is 128 Å². The molecule has 1 aliphatic rings. The smallest absolute Gasteiger partial charge is 0.118 e. The second-order valence-corrected chi connectivity index (χ2v) is 6.36. The zero-order chi connectivity index (χ0) is 15.6. The molecule has 21 heavy (non-hydrogen) atoms. The first-order chi connectivity index (χ1) is 9.93. The summed E-state index contributed by atoms with van der Waals surface area (Å²) in [5.41, 5.74) is 7.66. The predicted molar refractivity (Wildman–Crippen MR) is 87.6 cm³/mol. The van der Waals surface area contributed by atoms with Crippen LogP contribution in [0.25, 0.3) is 0 Å². The number of likely N-dealkylation sites (N-methyl/N-ethyl adjacent to an activating group) is 1. The molecule has 1 aliphatic heterocycles. The predicted octanol–water partition coefficient (Wildman–Crippen LogP) is 2.11. The lowest BCUT2D eigenvalue weighted by Gasteiger charge is -2.46. The largest absolute Gasteiger partial charge is 0.497 e. The van der Waals surface area contributed by atoms with Crippen LogP contribution >= 0.6 is 0 Å². The van der Waals surface area contributed by atoms with Crippen molar-refractivity contribution in [2.75, 3.05) is 27.2 Å². The molecule has 0 aromatic heterocycles. The highest BCUT2D eigenvalue weighted by atomic mass is 16.5. The molecule has 1 aromatic carbocycles. The Morgan fingerprint density at radius 1 is 1.14 bits per heavy atom. The molecule has 0 saturated carbocycles. The van der Waals surface area contributed by atoms with E-state index in [1.807, 2.05) is 12.1 Å². The molecule has 2 N–H and O–H groups in total. The summed E-state index contributed by atoms with van der Waals surface area (Å²) in [5, 5.41) is 0. The molecule has 1 aromatic rings. The zero-order valence-corrected chi connectivity index (χ0v) is 13.9. The van der Waals surface area contributed by atoms with E-state index >= 15 is 0 Å². The summed E-state index contributed by atoms with van der Waals surface area (Å²) in [6, 6.07) is 9.61. The molecule has 1 saturated heterocycles. The molecule has 0 aliphatic carbocycles. The van der Waals surface area contributed by atoms with E-state index in [9.17, 15) is 0 Å². The van der Waals surface area contributed by atoms with E-state index in [0.29, 0.717) is 18.1 Å². The zero-order valence-electron chi connectivity index (χ0n) is 13.9. The van der Waals surface area contributed by atoms with Gasteiger partial charge in [0.05, 0.1) is 7.11 Å². The average Bonchev–Trinajstić information content (AvgIpc) is 2.50. The van der Waals surface area contributed by atoms with Crippen LogP contribution in [0.15, 0.2) is 24.3 Å². The summed E-state index contributed by atoms with van der Waals surface area (Å²) in [6.45, 7) is 8.96. The normalized spacial score (nSPS) is 27.3. The summed E-state index contributed by atoms with van der Waals surface area (Å²) in [7, 11) is 3.89. The second-order valence-electron chi connectivity index (χ2n) is 6.36. The van der Waals surface area contributed by atoms with E-state index in [4.69, 9.17) is 10.5 Å². The fourth-order valence-corrected chi connectivity index (χ4v) is 3.11. The van der Waals surface area contributed by atoms with Crippen molar-refractivity contribution in [3.05, 3.63) is 29.8 Å². The van der Waals surface area contributed by atoms with Gasteiger partial charge in [0, 0.05) is 37.3 Å². The van der Waals surface area contributed by atoms with Crippen LogP contribution in [0.5, 0.6) is 5.75 Å². The Morgan fingerprint density at radius 2 is 1.67 bits per heavy atom. The molecule has 4 atom stereocenters. The monoisotopic (exact) mass is 291 g/mol. The summed E-state index contributed by atoms with van der Waals surface area (Å²) in [5.74, 6) is 0.875. The van der Waals surface area contributed by atoms with Crippen molar-refractivity contribution in [3.63, 3.8) is 0 Å². The van der Waals surface area contributed by atoms with Gasteiger partial charge in [-0.1, -0.05) is 12.1 Å². The molecule has 1 fully saturated rings. The van der Waals surface area contributed by atoms with Crippen LogP contribution in [0.3, 0.4) is 0 Å². The minimum atomic E-state index is 0.0266. The SMILES string of the molecule is COc1ccc(C(N)C(C)N2CC(C)N(C)C(C)C2)cc1. The third-order valence-corrected chi connectivity index (χ3v) is 4.98. The van der Waals surface area contributed by atoms with E-state index in [0.717, 1.165) is 18.8 Å². The number of methoxy groups -OCH3 is 1. The number of piperazine rings is 1. The summed E-state index contributed by atoms with van der Waals surface area (Å²) in [4.78, 5) is 4.96. The van der Waals surface area contributed by atoms with Gasteiger partial charge in [-0.3, -0.25) is 9.80 Å². The quantitative estimate of drug-likeness (QED) is 0.922. The van der Waals surface area contributed by atoms with Gasteiger partial charge in [0.25, 0.3) is 0 Å². The third kappa shape index (κ3) is 3.57. The van der Waals surface area contributed by atoms with Gasteiger partial charge in [-0.05, 0) is 45.5 Å². The molecule has 0 radical (unpaired) electrons. The van der Waals surface area contributed by atoms with E-state index in [-0.39, 0.29) is 6.04 Å². The average molecular weight is 291 g/mol. The fourth-order valence-electron chi connectivity index (χ4n) is 3.11. The molecular formula is C17H29N3O. The molecule has 4 unspecified atom stereocenters. The number of nitrogens with two attached hydrogens (primary N) is 1. The van der Waals surface area contributed by atoms with E-state index in [2.05, 4.69) is 49.8 Å². The van der Waals surface area contributed by atoms with Gasteiger partial charge in [0.15, 0.2) is 0 Å². The number of hydrogen-bond donors (Lipinski definition) is 1. The van der Waals surface area contributed by atoms with Gasteiger partial charge in [0.2, 0.25) is 0 Å². The summed E-state index contributed by atoms with van der Waals surface area (Å²) < 4.78 is 5.21. The topological polar surface area (TPSA) is 41.7 Å². The lowest BCUT2D eigenvalue weighted by atomic mass is 9.97. The summed E-state index contributed by atoms with van der Waals surface area (Å²) in [6.07, 6.45) is 0. The maximum absolute atomic E-state index is 6.49. The first kappa shape index (κ1) is 16.3. The Kier molecular flexibility index (Phi) is 5.25. The van der Waals surface area contributed by atoms with Crippen molar-refractivity contribution in [1.29, 1.82) is 0 Å².